The summed E-state index contributed by atoms with van der Waals surface area (Å²) < 4.78 is 19.9. The molecule has 1 heterocycles. The second kappa shape index (κ2) is 5.60. The van der Waals surface area contributed by atoms with Crippen molar-refractivity contribution in [3.8, 4) is 5.75 Å². The quantitative estimate of drug-likeness (QED) is 0.869. The highest BCUT2D eigenvalue weighted by atomic mass is 19.1. The molecule has 0 aromatic heterocycles. The van der Waals surface area contributed by atoms with Gasteiger partial charge in [0, 0.05) is 18.0 Å². The molecular formula is C18H26FNO. The zero-order valence-electron chi connectivity index (χ0n) is 13.3. The Morgan fingerprint density at radius 1 is 1.33 bits per heavy atom. The van der Waals surface area contributed by atoms with Gasteiger partial charge in [-0.25, -0.2) is 4.39 Å². The van der Waals surface area contributed by atoms with Crippen LogP contribution in [0.3, 0.4) is 0 Å². The summed E-state index contributed by atoms with van der Waals surface area (Å²) in [5, 5.41) is 3.36. The topological polar surface area (TPSA) is 21.3 Å². The molecule has 2 nitrogen and oxygen atoms in total. The Morgan fingerprint density at radius 3 is 2.86 bits per heavy atom. The Bertz CT molecular complexity index is 516. The van der Waals surface area contributed by atoms with Crippen LogP contribution < -0.4 is 10.1 Å². The molecule has 1 fully saturated rings. The van der Waals surface area contributed by atoms with E-state index in [1.165, 1.54) is 18.9 Å². The van der Waals surface area contributed by atoms with Crippen LogP contribution in [0.5, 0.6) is 5.75 Å². The number of benzene rings is 1. The minimum atomic E-state index is -0.183. The molecule has 3 heteroatoms. The molecule has 0 amide bonds. The van der Waals surface area contributed by atoms with Gasteiger partial charge in [0.1, 0.15) is 17.2 Å². The Kier molecular flexibility index (Phi) is 3.96. The molecule has 1 saturated carbocycles. The van der Waals surface area contributed by atoms with E-state index >= 15 is 0 Å². The third-order valence-electron chi connectivity index (χ3n) is 5.38. The van der Waals surface area contributed by atoms with Crippen LogP contribution in [0.2, 0.25) is 0 Å². The highest BCUT2D eigenvalue weighted by Gasteiger charge is 2.44. The Morgan fingerprint density at radius 2 is 2.14 bits per heavy atom. The van der Waals surface area contributed by atoms with E-state index < -0.39 is 0 Å². The summed E-state index contributed by atoms with van der Waals surface area (Å²) in [4.78, 5) is 0. The largest absolute Gasteiger partial charge is 0.487 e. The van der Waals surface area contributed by atoms with Crippen molar-refractivity contribution < 1.29 is 9.13 Å². The van der Waals surface area contributed by atoms with Gasteiger partial charge >= 0.3 is 0 Å². The lowest BCUT2D eigenvalue weighted by Gasteiger charge is -2.47. The van der Waals surface area contributed by atoms with E-state index in [9.17, 15) is 4.39 Å². The van der Waals surface area contributed by atoms with Crippen molar-refractivity contribution in [2.24, 2.45) is 11.8 Å². The van der Waals surface area contributed by atoms with E-state index in [1.807, 2.05) is 7.05 Å². The Balaban J connectivity index is 1.91. The third-order valence-corrected chi connectivity index (χ3v) is 5.38. The fraction of sp³-hybridized carbons (Fsp3) is 0.667. The molecule has 116 valence electrons. The van der Waals surface area contributed by atoms with Gasteiger partial charge in [0.25, 0.3) is 0 Å². The first-order valence-electron chi connectivity index (χ1n) is 8.19. The van der Waals surface area contributed by atoms with E-state index in [4.69, 9.17) is 4.74 Å². The maximum Gasteiger partial charge on any atom is 0.125 e. The molecule has 1 aromatic carbocycles. The average Bonchev–Trinajstić information content (AvgIpc) is 2.47. The number of nitrogens with one attached hydrogen (secondary N) is 1. The summed E-state index contributed by atoms with van der Waals surface area (Å²) in [6, 6.07) is 5.12. The summed E-state index contributed by atoms with van der Waals surface area (Å²) in [5.74, 6) is 2.12. The molecule has 3 rings (SSSR count). The Labute approximate surface area is 127 Å². The normalized spacial score (nSPS) is 32.0. The van der Waals surface area contributed by atoms with Crippen LogP contribution in [0.1, 0.15) is 57.6 Å². The highest BCUT2D eigenvalue weighted by Crippen LogP contribution is 2.48. The summed E-state index contributed by atoms with van der Waals surface area (Å²) in [6.07, 6.45) is 5.73. The van der Waals surface area contributed by atoms with E-state index in [1.54, 1.807) is 12.1 Å². The first-order valence-corrected chi connectivity index (χ1v) is 8.19. The molecule has 0 bridgehead atoms. The van der Waals surface area contributed by atoms with Gasteiger partial charge in [0.2, 0.25) is 0 Å². The number of fused-ring (bicyclic) bond motifs is 1. The second-order valence-corrected chi connectivity index (χ2v) is 7.11. The van der Waals surface area contributed by atoms with Crippen LogP contribution in [0.4, 0.5) is 4.39 Å². The zero-order chi connectivity index (χ0) is 15.0. The lowest BCUT2D eigenvalue weighted by atomic mass is 9.70. The molecule has 0 radical (unpaired) electrons. The molecule has 3 unspecified atom stereocenters. The van der Waals surface area contributed by atoms with Crippen molar-refractivity contribution in [3.63, 3.8) is 0 Å². The molecule has 1 spiro atoms. The monoisotopic (exact) mass is 291 g/mol. The lowest BCUT2D eigenvalue weighted by Crippen LogP contribution is -2.47. The average molecular weight is 291 g/mol. The SMILES string of the molecule is CNC1CC2(CCCC(C(C)C)C2)Oc2ccc(F)cc21. The fourth-order valence-corrected chi connectivity index (χ4v) is 4.11. The van der Waals surface area contributed by atoms with Gasteiger partial charge in [-0.2, -0.15) is 0 Å². The first-order chi connectivity index (χ1) is 10.0. The van der Waals surface area contributed by atoms with Crippen LogP contribution in [0.25, 0.3) is 0 Å². The van der Waals surface area contributed by atoms with E-state index in [2.05, 4.69) is 19.2 Å². The number of hydrogen-bond acceptors (Lipinski definition) is 2. The predicted molar refractivity (Wildman–Crippen MR) is 83.0 cm³/mol. The maximum atomic E-state index is 13.5. The molecule has 1 aliphatic heterocycles. The van der Waals surface area contributed by atoms with Gasteiger partial charge in [-0.15, -0.1) is 0 Å². The summed E-state index contributed by atoms with van der Waals surface area (Å²) >= 11 is 0. The maximum absolute atomic E-state index is 13.5. The van der Waals surface area contributed by atoms with Crippen molar-refractivity contribution >= 4 is 0 Å². The van der Waals surface area contributed by atoms with Crippen LogP contribution in [0.15, 0.2) is 18.2 Å². The van der Waals surface area contributed by atoms with Crippen LogP contribution >= 0.6 is 0 Å². The minimum absolute atomic E-state index is 0.0638. The van der Waals surface area contributed by atoms with E-state index in [0.29, 0.717) is 5.92 Å². The van der Waals surface area contributed by atoms with Crippen LogP contribution in [-0.2, 0) is 0 Å². The number of hydrogen-bond donors (Lipinski definition) is 1. The van der Waals surface area contributed by atoms with Gasteiger partial charge in [0.15, 0.2) is 0 Å². The standard InChI is InChI=1S/C18H26FNO/c1-12(2)13-5-4-8-18(10-13)11-16(20-3)15-9-14(19)6-7-17(15)21-18/h6-7,9,12-13,16,20H,4-5,8,10-11H2,1-3H3. The molecule has 2 aliphatic rings. The molecule has 21 heavy (non-hydrogen) atoms. The number of halogens is 1. The molecule has 3 atom stereocenters. The number of ether oxygens (including phenoxy) is 1. The predicted octanol–water partition coefficient (Wildman–Crippen LogP) is 4.45. The van der Waals surface area contributed by atoms with Crippen LogP contribution in [0, 0.1) is 17.7 Å². The third kappa shape index (κ3) is 2.80. The highest BCUT2D eigenvalue weighted by molar-refractivity contribution is 5.39. The summed E-state index contributed by atoms with van der Waals surface area (Å²) in [7, 11) is 1.96. The van der Waals surface area contributed by atoms with E-state index in [-0.39, 0.29) is 17.5 Å². The first kappa shape index (κ1) is 14.8. The van der Waals surface area contributed by atoms with Crippen LogP contribution in [-0.4, -0.2) is 12.6 Å². The van der Waals surface area contributed by atoms with Crippen molar-refractivity contribution in [1.82, 2.24) is 5.32 Å². The van der Waals surface area contributed by atoms with Gasteiger partial charge in [-0.3, -0.25) is 0 Å². The van der Waals surface area contributed by atoms with Crippen molar-refractivity contribution in [2.75, 3.05) is 7.05 Å². The minimum Gasteiger partial charge on any atom is -0.487 e. The number of rotatable bonds is 2. The molecular weight excluding hydrogens is 265 g/mol. The lowest BCUT2D eigenvalue weighted by molar-refractivity contribution is -0.0280. The zero-order valence-corrected chi connectivity index (χ0v) is 13.3. The van der Waals surface area contributed by atoms with Gasteiger partial charge < -0.3 is 10.1 Å². The van der Waals surface area contributed by atoms with Gasteiger partial charge in [-0.1, -0.05) is 13.8 Å². The van der Waals surface area contributed by atoms with Crippen molar-refractivity contribution in [1.29, 1.82) is 0 Å². The fourth-order valence-electron chi connectivity index (χ4n) is 4.11. The van der Waals surface area contributed by atoms with Gasteiger partial charge in [-0.05, 0) is 62.8 Å². The van der Waals surface area contributed by atoms with Crippen molar-refractivity contribution in [3.05, 3.63) is 29.6 Å². The van der Waals surface area contributed by atoms with Gasteiger partial charge in [0.05, 0.1) is 0 Å². The molecule has 1 N–H and O–H groups in total. The van der Waals surface area contributed by atoms with Crippen molar-refractivity contribution in [2.45, 2.75) is 57.6 Å². The molecule has 1 aromatic rings. The van der Waals surface area contributed by atoms with E-state index in [0.717, 1.165) is 36.5 Å². The smallest absolute Gasteiger partial charge is 0.125 e. The summed E-state index contributed by atoms with van der Waals surface area (Å²) in [6.45, 7) is 4.62. The molecule has 0 saturated heterocycles. The molecule has 1 aliphatic carbocycles. The Hall–Kier alpha value is -1.09. The second-order valence-electron chi connectivity index (χ2n) is 7.11. The summed E-state index contributed by atoms with van der Waals surface area (Å²) in [5.41, 5.74) is 0.904.